The molecule has 0 aliphatic carbocycles. The van der Waals surface area contributed by atoms with Crippen LogP contribution in [0.4, 0.5) is 5.69 Å². The largest absolute Gasteiger partial charge is 0.506 e. The Morgan fingerprint density at radius 3 is 2.53 bits per heavy atom. The van der Waals surface area contributed by atoms with E-state index >= 15 is 0 Å². The molecule has 0 atom stereocenters. The lowest BCUT2D eigenvalue weighted by atomic mass is 10.1. The van der Waals surface area contributed by atoms with E-state index in [9.17, 15) is 9.90 Å². The fraction of sp³-hybridized carbons (Fsp3) is 0.0714. The summed E-state index contributed by atoms with van der Waals surface area (Å²) in [6.07, 6.45) is 0. The Kier molecular flexibility index (Phi) is 3.98. The van der Waals surface area contributed by atoms with Crippen molar-refractivity contribution >= 4 is 34.8 Å². The van der Waals surface area contributed by atoms with Gasteiger partial charge in [-0.15, -0.1) is 0 Å². The van der Waals surface area contributed by atoms with E-state index in [4.69, 9.17) is 23.2 Å². The van der Waals surface area contributed by atoms with Gasteiger partial charge in [-0.25, -0.2) is 0 Å². The van der Waals surface area contributed by atoms with Crippen LogP contribution in [0.5, 0.6) is 5.75 Å². The van der Waals surface area contributed by atoms with Crippen molar-refractivity contribution in [2.24, 2.45) is 0 Å². The Bertz CT molecular complexity index is 641. The van der Waals surface area contributed by atoms with E-state index in [2.05, 4.69) is 5.32 Å². The molecule has 98 valence electrons. The monoisotopic (exact) mass is 295 g/mol. The lowest BCUT2D eigenvalue weighted by Crippen LogP contribution is -2.13. The third kappa shape index (κ3) is 3.19. The first kappa shape index (κ1) is 13.7. The first-order chi connectivity index (χ1) is 8.97. The van der Waals surface area contributed by atoms with Crippen molar-refractivity contribution in [3.8, 4) is 5.75 Å². The van der Waals surface area contributed by atoms with Gasteiger partial charge >= 0.3 is 0 Å². The minimum atomic E-state index is -0.254. The number of hydrogen-bond acceptors (Lipinski definition) is 2. The van der Waals surface area contributed by atoms with Gasteiger partial charge in [0.2, 0.25) is 0 Å². The summed E-state index contributed by atoms with van der Waals surface area (Å²) < 4.78 is 0. The Balaban J connectivity index is 2.23. The van der Waals surface area contributed by atoms with Crippen LogP contribution in [0.1, 0.15) is 15.9 Å². The number of nitrogens with one attached hydrogen (secondary N) is 1. The van der Waals surface area contributed by atoms with E-state index in [1.165, 1.54) is 12.1 Å². The van der Waals surface area contributed by atoms with Crippen LogP contribution in [0.25, 0.3) is 0 Å². The zero-order chi connectivity index (χ0) is 14.0. The predicted octanol–water partition coefficient (Wildman–Crippen LogP) is 4.26. The van der Waals surface area contributed by atoms with Crippen LogP contribution in [0.15, 0.2) is 36.4 Å². The summed E-state index contributed by atoms with van der Waals surface area (Å²) in [6, 6.07) is 9.53. The molecule has 3 nitrogen and oxygen atoms in total. The average Bonchev–Trinajstić information content (AvgIpc) is 2.33. The highest BCUT2D eigenvalue weighted by Gasteiger charge is 2.10. The van der Waals surface area contributed by atoms with Crippen LogP contribution in [-0.2, 0) is 0 Å². The fourth-order valence-electron chi connectivity index (χ4n) is 1.66. The molecule has 0 radical (unpaired) electrons. The fourth-order valence-corrected chi connectivity index (χ4v) is 2.07. The Morgan fingerprint density at radius 1 is 1.16 bits per heavy atom. The molecule has 2 N–H and O–H groups in total. The van der Waals surface area contributed by atoms with Gasteiger partial charge in [0, 0.05) is 16.3 Å². The molecule has 0 bridgehead atoms. The van der Waals surface area contributed by atoms with Crippen molar-refractivity contribution < 1.29 is 9.90 Å². The van der Waals surface area contributed by atoms with Crippen LogP contribution in [-0.4, -0.2) is 11.0 Å². The number of aromatic hydroxyl groups is 1. The minimum Gasteiger partial charge on any atom is -0.506 e. The number of carbonyl (C=O) groups excluding carboxylic acids is 1. The van der Waals surface area contributed by atoms with E-state index in [-0.39, 0.29) is 16.7 Å². The summed E-state index contributed by atoms with van der Waals surface area (Å²) in [5.74, 6) is -0.279. The maximum Gasteiger partial charge on any atom is 0.255 e. The van der Waals surface area contributed by atoms with Gasteiger partial charge in [-0.2, -0.15) is 0 Å². The third-order valence-electron chi connectivity index (χ3n) is 2.64. The number of aryl methyl sites for hydroxylation is 1. The molecule has 5 heteroatoms. The summed E-state index contributed by atoms with van der Waals surface area (Å²) in [4.78, 5) is 12.1. The van der Waals surface area contributed by atoms with Gasteiger partial charge in [0.15, 0.2) is 0 Å². The molecule has 2 aromatic rings. The van der Waals surface area contributed by atoms with Gasteiger partial charge in [0.05, 0.1) is 5.02 Å². The molecule has 19 heavy (non-hydrogen) atoms. The van der Waals surface area contributed by atoms with Crippen LogP contribution >= 0.6 is 23.2 Å². The maximum atomic E-state index is 12.1. The Labute approximate surface area is 120 Å². The summed E-state index contributed by atoms with van der Waals surface area (Å²) in [6.45, 7) is 1.81. The third-order valence-corrected chi connectivity index (χ3v) is 3.18. The molecule has 1 amide bonds. The molecule has 0 spiro atoms. The van der Waals surface area contributed by atoms with Gasteiger partial charge in [-0.3, -0.25) is 4.79 Å². The Hall–Kier alpha value is -1.71. The van der Waals surface area contributed by atoms with Crippen LogP contribution in [0.2, 0.25) is 10.0 Å². The van der Waals surface area contributed by atoms with Gasteiger partial charge in [0.25, 0.3) is 5.91 Å². The molecule has 0 aliphatic rings. The molecule has 0 fully saturated rings. The van der Waals surface area contributed by atoms with E-state index in [1.807, 2.05) is 6.92 Å². The first-order valence-corrected chi connectivity index (χ1v) is 6.29. The second-order valence-corrected chi connectivity index (χ2v) is 4.92. The number of benzene rings is 2. The Morgan fingerprint density at radius 2 is 1.89 bits per heavy atom. The molecule has 0 heterocycles. The lowest BCUT2D eigenvalue weighted by molar-refractivity contribution is 0.102. The van der Waals surface area contributed by atoms with Gasteiger partial charge < -0.3 is 10.4 Å². The highest BCUT2D eigenvalue weighted by molar-refractivity contribution is 6.32. The standard InChI is InChI=1S/C14H11Cl2NO2/c1-8-6-9(15)2-4-11(8)14(19)17-10-3-5-13(18)12(16)7-10/h2-7,18H,1H3,(H,17,19). The van der Waals surface area contributed by atoms with E-state index in [1.54, 1.807) is 24.3 Å². The lowest BCUT2D eigenvalue weighted by Gasteiger charge is -2.08. The number of phenols is 1. The average molecular weight is 296 g/mol. The van der Waals surface area contributed by atoms with Crippen LogP contribution in [0.3, 0.4) is 0 Å². The van der Waals surface area contributed by atoms with Crippen molar-refractivity contribution in [2.45, 2.75) is 6.92 Å². The molecule has 0 unspecified atom stereocenters. The number of amides is 1. The topological polar surface area (TPSA) is 49.3 Å². The van der Waals surface area contributed by atoms with Gasteiger partial charge in [-0.1, -0.05) is 23.2 Å². The smallest absolute Gasteiger partial charge is 0.255 e. The maximum absolute atomic E-state index is 12.1. The number of carbonyl (C=O) groups is 1. The number of halogens is 2. The number of phenolic OH excluding ortho intramolecular Hbond substituents is 1. The number of hydrogen-bond donors (Lipinski definition) is 2. The number of rotatable bonds is 2. The molecule has 0 aliphatic heterocycles. The molecular formula is C14H11Cl2NO2. The van der Waals surface area contributed by atoms with Crippen molar-refractivity contribution in [1.29, 1.82) is 0 Å². The van der Waals surface area contributed by atoms with Gasteiger partial charge in [-0.05, 0) is 48.9 Å². The van der Waals surface area contributed by atoms with Crippen molar-refractivity contribution in [2.75, 3.05) is 5.32 Å². The highest BCUT2D eigenvalue weighted by Crippen LogP contribution is 2.26. The zero-order valence-corrected chi connectivity index (χ0v) is 11.6. The molecule has 2 rings (SSSR count). The second kappa shape index (κ2) is 5.51. The minimum absolute atomic E-state index is 0.0256. The SMILES string of the molecule is Cc1cc(Cl)ccc1C(=O)Nc1ccc(O)c(Cl)c1. The zero-order valence-electron chi connectivity index (χ0n) is 10.1. The van der Waals surface area contributed by atoms with Crippen LogP contribution in [0, 0.1) is 6.92 Å². The van der Waals surface area contributed by atoms with E-state index in [0.29, 0.717) is 16.3 Å². The van der Waals surface area contributed by atoms with Crippen molar-refractivity contribution in [3.63, 3.8) is 0 Å². The summed E-state index contributed by atoms with van der Waals surface area (Å²) in [5.41, 5.74) is 1.84. The quantitative estimate of drug-likeness (QED) is 0.813. The van der Waals surface area contributed by atoms with Crippen molar-refractivity contribution in [1.82, 2.24) is 0 Å². The predicted molar refractivity (Wildman–Crippen MR) is 77.3 cm³/mol. The van der Waals surface area contributed by atoms with Gasteiger partial charge in [0.1, 0.15) is 5.75 Å². The van der Waals surface area contributed by atoms with E-state index in [0.717, 1.165) is 5.56 Å². The van der Waals surface area contributed by atoms with Crippen LogP contribution < -0.4 is 5.32 Å². The molecule has 0 saturated carbocycles. The first-order valence-electron chi connectivity index (χ1n) is 5.53. The molecule has 2 aromatic carbocycles. The number of anilines is 1. The normalized spacial score (nSPS) is 10.3. The second-order valence-electron chi connectivity index (χ2n) is 4.08. The highest BCUT2D eigenvalue weighted by atomic mass is 35.5. The molecule has 0 aromatic heterocycles. The van der Waals surface area contributed by atoms with E-state index < -0.39 is 0 Å². The summed E-state index contributed by atoms with van der Waals surface area (Å²) >= 11 is 11.6. The summed E-state index contributed by atoms with van der Waals surface area (Å²) in [5, 5.41) is 12.8. The summed E-state index contributed by atoms with van der Waals surface area (Å²) in [7, 11) is 0. The van der Waals surface area contributed by atoms with Crippen molar-refractivity contribution in [3.05, 3.63) is 57.6 Å². The molecule has 0 saturated heterocycles. The molecular weight excluding hydrogens is 285 g/mol.